The number of carbonyl (C=O) groups excluding carboxylic acids is 2. The van der Waals surface area contributed by atoms with Crippen LogP contribution in [0.3, 0.4) is 0 Å². The molecule has 0 spiro atoms. The third-order valence-corrected chi connectivity index (χ3v) is 6.94. The molecule has 1 aliphatic heterocycles. The maximum Gasteiger partial charge on any atom is 0.421 e. The Kier molecular flexibility index (Phi) is 10.8. The summed E-state index contributed by atoms with van der Waals surface area (Å²) >= 11 is 11.3. The van der Waals surface area contributed by atoms with E-state index >= 15 is 0 Å². The molecule has 1 saturated heterocycles. The highest BCUT2D eigenvalue weighted by Gasteiger charge is 2.35. The van der Waals surface area contributed by atoms with Gasteiger partial charge in [-0.2, -0.15) is 18.2 Å². The van der Waals surface area contributed by atoms with Crippen molar-refractivity contribution in [2.75, 3.05) is 65.9 Å². The lowest BCUT2D eigenvalue weighted by Crippen LogP contribution is -2.48. The summed E-state index contributed by atoms with van der Waals surface area (Å²) in [4.78, 5) is 35.9. The minimum Gasteiger partial charge on any atom is -0.494 e. The molecule has 1 aromatic heterocycles. The molecule has 4 rings (SSSR count). The molecule has 3 N–H and O–H groups in total. The van der Waals surface area contributed by atoms with Crippen molar-refractivity contribution in [2.24, 2.45) is 0 Å². The van der Waals surface area contributed by atoms with Gasteiger partial charge in [0.05, 0.1) is 12.8 Å². The van der Waals surface area contributed by atoms with Crippen LogP contribution in [0.25, 0.3) is 0 Å². The van der Waals surface area contributed by atoms with Crippen molar-refractivity contribution >= 4 is 69.5 Å². The molecule has 10 nitrogen and oxygen atoms in total. The van der Waals surface area contributed by atoms with Crippen molar-refractivity contribution in [3.8, 4) is 5.75 Å². The van der Waals surface area contributed by atoms with Gasteiger partial charge in [-0.15, -0.1) is 23.2 Å². The zero-order valence-corrected chi connectivity index (χ0v) is 24.7. The van der Waals surface area contributed by atoms with Crippen LogP contribution in [0.5, 0.6) is 5.75 Å². The van der Waals surface area contributed by atoms with Crippen molar-refractivity contribution in [2.45, 2.75) is 19.0 Å². The molecule has 0 radical (unpaired) electrons. The summed E-state index contributed by atoms with van der Waals surface area (Å²) in [7, 11) is 1.48. The molecule has 1 aliphatic rings. The Balaban J connectivity index is 1.52. The van der Waals surface area contributed by atoms with E-state index in [2.05, 4.69) is 30.8 Å². The number of anilines is 6. The van der Waals surface area contributed by atoms with Crippen LogP contribution in [-0.4, -0.2) is 71.7 Å². The standard InChI is InChI=1S/C28H30Cl2F3N7O3/c1-43-23-16-20(39-11-13-40(14-12-39)25(42)8-10-30)5-6-22(23)37-27-34-17-21(28(31,32)33)26(38-27)36-19-4-2-3-18(15-19)35-24(41)7-9-29/h2-6,15-17H,7-14H2,1H3,(H,35,41)(H2,34,36,37,38). The second kappa shape index (κ2) is 14.5. The average Bonchev–Trinajstić information content (AvgIpc) is 2.97. The van der Waals surface area contributed by atoms with Crippen LogP contribution in [0.2, 0.25) is 0 Å². The number of hydrogen-bond donors (Lipinski definition) is 3. The van der Waals surface area contributed by atoms with E-state index < -0.39 is 17.6 Å². The molecule has 2 heterocycles. The van der Waals surface area contributed by atoms with Crippen molar-refractivity contribution < 1.29 is 27.5 Å². The Morgan fingerprint density at radius 2 is 1.70 bits per heavy atom. The van der Waals surface area contributed by atoms with Crippen LogP contribution in [0.4, 0.5) is 47.7 Å². The van der Waals surface area contributed by atoms with Crippen LogP contribution in [-0.2, 0) is 15.8 Å². The molecular weight excluding hydrogens is 610 g/mol. The number of piperazine rings is 1. The fourth-order valence-corrected chi connectivity index (χ4v) is 4.75. The number of carbonyl (C=O) groups is 2. The second-order valence-electron chi connectivity index (χ2n) is 9.46. The SMILES string of the molecule is COc1cc(N2CCN(C(=O)CCCl)CC2)ccc1Nc1ncc(C(F)(F)F)c(Nc2cccc(NC(=O)CCCl)c2)n1. The number of ether oxygens (including phenoxy) is 1. The molecule has 0 bridgehead atoms. The van der Waals surface area contributed by atoms with E-state index in [0.717, 1.165) is 5.69 Å². The number of rotatable bonds is 11. The molecule has 2 aromatic carbocycles. The largest absolute Gasteiger partial charge is 0.494 e. The van der Waals surface area contributed by atoms with E-state index in [-0.39, 0.29) is 41.6 Å². The smallest absolute Gasteiger partial charge is 0.421 e. The van der Waals surface area contributed by atoms with Crippen LogP contribution in [0, 0.1) is 0 Å². The first-order valence-corrected chi connectivity index (χ1v) is 14.4. The number of alkyl halides is 5. The van der Waals surface area contributed by atoms with Gasteiger partial charge in [-0.1, -0.05) is 6.07 Å². The minimum atomic E-state index is -4.73. The highest BCUT2D eigenvalue weighted by atomic mass is 35.5. The number of benzene rings is 2. The summed E-state index contributed by atoms with van der Waals surface area (Å²) in [5.74, 6) is -0.0253. The number of methoxy groups -OCH3 is 1. The Morgan fingerprint density at radius 3 is 2.37 bits per heavy atom. The first kappa shape index (κ1) is 32.0. The molecule has 2 amide bonds. The van der Waals surface area contributed by atoms with Gasteiger partial charge in [0.1, 0.15) is 17.1 Å². The molecule has 0 saturated carbocycles. The first-order valence-electron chi connectivity index (χ1n) is 13.3. The summed E-state index contributed by atoms with van der Waals surface area (Å²) in [6.07, 6.45) is -3.64. The van der Waals surface area contributed by atoms with Crippen molar-refractivity contribution in [1.29, 1.82) is 0 Å². The fourth-order valence-electron chi connectivity index (χ4n) is 4.42. The highest BCUT2D eigenvalue weighted by Crippen LogP contribution is 2.37. The number of amides is 2. The van der Waals surface area contributed by atoms with E-state index in [9.17, 15) is 22.8 Å². The predicted molar refractivity (Wildman–Crippen MR) is 161 cm³/mol. The molecule has 1 fully saturated rings. The molecule has 15 heteroatoms. The molecule has 0 aliphatic carbocycles. The Labute approximate surface area is 256 Å². The van der Waals surface area contributed by atoms with Gasteiger partial charge < -0.3 is 30.5 Å². The zero-order valence-electron chi connectivity index (χ0n) is 23.2. The minimum absolute atomic E-state index is 0.0268. The van der Waals surface area contributed by atoms with Gasteiger partial charge in [-0.05, 0) is 30.3 Å². The van der Waals surface area contributed by atoms with Crippen LogP contribution >= 0.6 is 23.2 Å². The van der Waals surface area contributed by atoms with E-state index in [1.54, 1.807) is 35.2 Å². The predicted octanol–water partition coefficient (Wildman–Crippen LogP) is 5.84. The lowest BCUT2D eigenvalue weighted by molar-refractivity contribution is -0.137. The van der Waals surface area contributed by atoms with Crippen molar-refractivity contribution in [3.63, 3.8) is 0 Å². The number of aromatic nitrogens is 2. The van der Waals surface area contributed by atoms with Crippen molar-refractivity contribution in [3.05, 3.63) is 54.2 Å². The van der Waals surface area contributed by atoms with E-state index in [0.29, 0.717) is 55.9 Å². The van der Waals surface area contributed by atoms with Gasteiger partial charge >= 0.3 is 6.18 Å². The fraction of sp³-hybridized carbons (Fsp3) is 0.357. The maximum atomic E-state index is 13.8. The summed E-state index contributed by atoms with van der Waals surface area (Å²) < 4.78 is 47.0. The number of nitrogens with one attached hydrogen (secondary N) is 3. The topological polar surface area (TPSA) is 112 Å². The number of hydrogen-bond acceptors (Lipinski definition) is 8. The third kappa shape index (κ3) is 8.54. The molecular formula is C28H30Cl2F3N7O3. The molecule has 3 aromatic rings. The molecule has 0 unspecified atom stereocenters. The van der Waals surface area contributed by atoms with Gasteiger partial charge in [0, 0.05) is 80.1 Å². The second-order valence-corrected chi connectivity index (χ2v) is 10.2. The summed E-state index contributed by atoms with van der Waals surface area (Å²) in [6.45, 7) is 2.38. The van der Waals surface area contributed by atoms with Crippen LogP contribution < -0.4 is 25.6 Å². The average molecular weight is 640 g/mol. The quantitative estimate of drug-likeness (QED) is 0.225. The monoisotopic (exact) mass is 639 g/mol. The lowest BCUT2D eigenvalue weighted by Gasteiger charge is -2.36. The Hall–Kier alpha value is -3.97. The summed E-state index contributed by atoms with van der Waals surface area (Å²) in [5, 5.41) is 8.27. The third-order valence-electron chi connectivity index (χ3n) is 6.56. The van der Waals surface area contributed by atoms with Gasteiger partial charge in [0.2, 0.25) is 17.8 Å². The van der Waals surface area contributed by atoms with E-state index in [4.69, 9.17) is 27.9 Å². The van der Waals surface area contributed by atoms with Crippen molar-refractivity contribution in [1.82, 2.24) is 14.9 Å². The van der Waals surface area contributed by atoms with E-state index in [1.807, 2.05) is 6.07 Å². The zero-order chi connectivity index (χ0) is 31.0. The van der Waals surface area contributed by atoms with Gasteiger partial charge in [0.25, 0.3) is 0 Å². The van der Waals surface area contributed by atoms with Gasteiger partial charge in [-0.3, -0.25) is 9.59 Å². The van der Waals surface area contributed by atoms with Gasteiger partial charge in [0.15, 0.2) is 0 Å². The summed E-state index contributed by atoms with van der Waals surface area (Å²) in [6, 6.07) is 11.6. The van der Waals surface area contributed by atoms with Gasteiger partial charge in [-0.25, -0.2) is 4.98 Å². The van der Waals surface area contributed by atoms with Crippen LogP contribution in [0.15, 0.2) is 48.7 Å². The van der Waals surface area contributed by atoms with Crippen LogP contribution in [0.1, 0.15) is 18.4 Å². The lowest BCUT2D eigenvalue weighted by atomic mass is 10.2. The Morgan fingerprint density at radius 1 is 0.977 bits per heavy atom. The van der Waals surface area contributed by atoms with E-state index in [1.165, 1.54) is 13.2 Å². The normalized spacial score (nSPS) is 13.4. The number of halogens is 5. The molecule has 43 heavy (non-hydrogen) atoms. The first-order chi connectivity index (χ1) is 20.6. The number of nitrogens with zero attached hydrogens (tertiary/aromatic N) is 4. The molecule has 230 valence electrons. The maximum absolute atomic E-state index is 13.8. The Bertz CT molecular complexity index is 1440. The molecule has 0 atom stereocenters. The highest BCUT2D eigenvalue weighted by molar-refractivity contribution is 6.19. The summed E-state index contributed by atoms with van der Waals surface area (Å²) in [5.41, 5.74) is 0.887.